The van der Waals surface area contributed by atoms with Crippen LogP contribution in [-0.2, 0) is 21.0 Å². The van der Waals surface area contributed by atoms with E-state index in [0.717, 1.165) is 48.9 Å². The molecule has 3 heterocycles. The van der Waals surface area contributed by atoms with Gasteiger partial charge in [-0.2, -0.15) is 0 Å². The Kier molecular flexibility index (Phi) is 7.91. The van der Waals surface area contributed by atoms with Crippen molar-refractivity contribution in [3.05, 3.63) is 47.1 Å². The molecule has 2 aromatic carbocycles. The second kappa shape index (κ2) is 11.6. The number of hydrogen-bond acceptors (Lipinski definition) is 7. The molecule has 7 nitrogen and oxygen atoms in total. The number of nitrogens with one attached hydrogen (secondary N) is 1. The normalized spacial score (nSPS) is 20.8. The molecule has 1 N–H and O–H groups in total. The molecule has 1 aliphatic carbocycles. The molecule has 1 amide bonds. The molecule has 3 fully saturated rings. The minimum absolute atomic E-state index is 0.121. The Balaban J connectivity index is 1.35. The monoisotopic (exact) mass is 567 g/mol. The van der Waals surface area contributed by atoms with E-state index in [-0.39, 0.29) is 23.5 Å². The molecule has 3 aliphatic rings. The molecule has 1 saturated carbocycles. The van der Waals surface area contributed by atoms with Crippen LogP contribution < -0.4 is 10.2 Å². The minimum Gasteiger partial charge on any atom is -0.378 e. The maximum atomic E-state index is 13.4. The lowest BCUT2D eigenvalue weighted by molar-refractivity contribution is 0.0933. The Labute approximate surface area is 234 Å². The summed E-state index contributed by atoms with van der Waals surface area (Å²) < 4.78 is 29.3. The molecule has 2 saturated heterocycles. The Morgan fingerprint density at radius 2 is 1.69 bits per heavy atom. The number of fused-ring (bicyclic) bond motifs is 1. The van der Waals surface area contributed by atoms with Crippen LogP contribution in [-0.4, -0.2) is 63.2 Å². The van der Waals surface area contributed by atoms with Gasteiger partial charge in [0.05, 0.1) is 35.3 Å². The highest BCUT2D eigenvalue weighted by molar-refractivity contribution is 7.91. The summed E-state index contributed by atoms with van der Waals surface area (Å²) in [6, 6.07) is 12.9. The number of rotatable bonds is 6. The van der Waals surface area contributed by atoms with Gasteiger partial charge in [0.1, 0.15) is 9.84 Å². The van der Waals surface area contributed by atoms with Crippen LogP contribution in [0.25, 0.3) is 21.2 Å². The van der Waals surface area contributed by atoms with Crippen LogP contribution in [0.1, 0.15) is 60.4 Å². The molecule has 0 atom stereocenters. The Morgan fingerprint density at radius 1 is 0.974 bits per heavy atom. The molecule has 1 aromatic heterocycles. The number of nitrogens with zero attached hydrogens (tertiary/aromatic N) is 2. The molecule has 208 valence electrons. The van der Waals surface area contributed by atoms with E-state index >= 15 is 0 Å². The minimum atomic E-state index is -2.98. The van der Waals surface area contributed by atoms with Gasteiger partial charge in [-0.3, -0.25) is 4.79 Å². The van der Waals surface area contributed by atoms with E-state index in [2.05, 4.69) is 46.6 Å². The summed E-state index contributed by atoms with van der Waals surface area (Å²) in [7, 11) is -2.98. The fraction of sp³-hybridized carbons (Fsp3) is 0.533. The van der Waals surface area contributed by atoms with Crippen molar-refractivity contribution in [1.82, 2.24) is 10.3 Å². The Bertz CT molecular complexity index is 1430. The molecule has 6 rings (SSSR count). The number of carbonyl (C=O) groups is 1. The second-order valence-corrected chi connectivity index (χ2v) is 14.5. The van der Waals surface area contributed by atoms with E-state index in [9.17, 15) is 13.2 Å². The first-order valence-electron chi connectivity index (χ1n) is 14.3. The molecule has 39 heavy (non-hydrogen) atoms. The first-order valence-corrected chi connectivity index (χ1v) is 17.0. The van der Waals surface area contributed by atoms with E-state index in [1.807, 2.05) is 0 Å². The van der Waals surface area contributed by atoms with Gasteiger partial charge in [0.2, 0.25) is 0 Å². The van der Waals surface area contributed by atoms with Crippen molar-refractivity contribution in [2.75, 3.05) is 42.7 Å². The lowest BCUT2D eigenvalue weighted by atomic mass is 9.85. The topological polar surface area (TPSA) is 88.6 Å². The highest BCUT2D eigenvalue weighted by Gasteiger charge is 2.28. The smallest absolute Gasteiger partial charge is 0.280 e. The van der Waals surface area contributed by atoms with Gasteiger partial charge in [0, 0.05) is 35.8 Å². The molecule has 0 bridgehead atoms. The van der Waals surface area contributed by atoms with Crippen LogP contribution in [0.2, 0.25) is 0 Å². The SMILES string of the molecule is O=C(NC1CCS(=O)(=O)CC1)c1nc(CC2CCCCC2)c(-c2ccc(N3CCOCC3)c3ccccc23)s1. The highest BCUT2D eigenvalue weighted by Crippen LogP contribution is 2.41. The van der Waals surface area contributed by atoms with Crippen molar-refractivity contribution in [1.29, 1.82) is 0 Å². The number of thiazole rings is 1. The van der Waals surface area contributed by atoms with Crippen LogP contribution in [0.3, 0.4) is 0 Å². The van der Waals surface area contributed by atoms with Crippen molar-refractivity contribution < 1.29 is 17.9 Å². The van der Waals surface area contributed by atoms with E-state index in [4.69, 9.17) is 9.72 Å². The van der Waals surface area contributed by atoms with E-state index < -0.39 is 9.84 Å². The predicted octanol–water partition coefficient (Wildman–Crippen LogP) is 5.23. The molecule has 0 radical (unpaired) electrons. The fourth-order valence-corrected chi connectivity index (χ4v) is 8.83. The summed E-state index contributed by atoms with van der Waals surface area (Å²) in [6.45, 7) is 3.23. The van der Waals surface area contributed by atoms with Gasteiger partial charge in [-0.05, 0) is 36.6 Å². The van der Waals surface area contributed by atoms with Gasteiger partial charge in [0.15, 0.2) is 5.01 Å². The standard InChI is InChI=1S/C30H37N3O4S2/c34-29(31-22-12-18-39(35,36)19-13-22)30-32-26(20-21-6-2-1-3-7-21)28(38-30)25-10-11-27(33-14-16-37-17-15-33)24-9-5-4-8-23(24)25/h4-5,8-11,21-22H,1-3,6-7,12-20H2,(H,31,34). The van der Waals surface area contributed by atoms with E-state index in [0.29, 0.717) is 23.8 Å². The van der Waals surface area contributed by atoms with Gasteiger partial charge in [-0.15, -0.1) is 11.3 Å². The number of hydrogen-bond donors (Lipinski definition) is 1. The van der Waals surface area contributed by atoms with E-state index in [1.165, 1.54) is 59.9 Å². The van der Waals surface area contributed by atoms with Crippen molar-refractivity contribution in [2.24, 2.45) is 5.92 Å². The third kappa shape index (κ3) is 6.00. The average molecular weight is 568 g/mol. The molecule has 0 unspecified atom stereocenters. The summed E-state index contributed by atoms with van der Waals surface area (Å²) >= 11 is 1.48. The molecular formula is C30H37N3O4S2. The molecule has 9 heteroatoms. The fourth-order valence-electron chi connectivity index (χ4n) is 6.31. The van der Waals surface area contributed by atoms with Crippen molar-refractivity contribution in [2.45, 2.75) is 57.4 Å². The maximum absolute atomic E-state index is 13.4. The summed E-state index contributed by atoms with van der Waals surface area (Å²) in [4.78, 5) is 21.8. The lowest BCUT2D eigenvalue weighted by Gasteiger charge is -2.30. The first-order chi connectivity index (χ1) is 19.0. The number of morpholine rings is 1. The van der Waals surface area contributed by atoms with Gasteiger partial charge in [0.25, 0.3) is 5.91 Å². The third-order valence-electron chi connectivity index (χ3n) is 8.49. The van der Waals surface area contributed by atoms with E-state index in [1.54, 1.807) is 0 Å². The van der Waals surface area contributed by atoms with Crippen molar-refractivity contribution in [3.63, 3.8) is 0 Å². The average Bonchev–Trinajstić information content (AvgIpc) is 3.38. The van der Waals surface area contributed by atoms with Gasteiger partial charge < -0.3 is 15.0 Å². The summed E-state index contributed by atoms with van der Waals surface area (Å²) in [5.41, 5.74) is 3.38. The third-order valence-corrected chi connectivity index (χ3v) is 11.3. The molecular weight excluding hydrogens is 530 g/mol. The van der Waals surface area contributed by atoms with Crippen LogP contribution in [0.5, 0.6) is 0 Å². The number of ether oxygens (including phenoxy) is 1. The number of aromatic nitrogens is 1. The van der Waals surface area contributed by atoms with Gasteiger partial charge in [-0.25, -0.2) is 13.4 Å². The number of benzene rings is 2. The Hall–Kier alpha value is -2.49. The van der Waals surface area contributed by atoms with Crippen LogP contribution in [0.4, 0.5) is 5.69 Å². The zero-order valence-corrected chi connectivity index (χ0v) is 24.0. The zero-order chi connectivity index (χ0) is 26.8. The number of sulfone groups is 1. The largest absolute Gasteiger partial charge is 0.378 e. The van der Waals surface area contributed by atoms with Crippen molar-refractivity contribution in [3.8, 4) is 10.4 Å². The van der Waals surface area contributed by atoms with Crippen LogP contribution in [0.15, 0.2) is 36.4 Å². The van der Waals surface area contributed by atoms with Gasteiger partial charge in [-0.1, -0.05) is 62.4 Å². The molecule has 3 aromatic rings. The zero-order valence-electron chi connectivity index (χ0n) is 22.4. The summed E-state index contributed by atoms with van der Waals surface area (Å²) in [5, 5.41) is 5.95. The lowest BCUT2D eigenvalue weighted by Crippen LogP contribution is -2.40. The summed E-state index contributed by atoms with van der Waals surface area (Å²) in [6.07, 6.45) is 8.08. The Morgan fingerprint density at radius 3 is 2.44 bits per heavy atom. The number of carbonyl (C=O) groups excluding carboxylic acids is 1. The maximum Gasteiger partial charge on any atom is 0.280 e. The first kappa shape index (κ1) is 26.7. The molecule has 2 aliphatic heterocycles. The predicted molar refractivity (Wildman–Crippen MR) is 158 cm³/mol. The number of anilines is 1. The second-order valence-electron chi connectivity index (χ2n) is 11.2. The number of amides is 1. The summed E-state index contributed by atoms with van der Waals surface area (Å²) in [5.74, 6) is 0.679. The van der Waals surface area contributed by atoms with Gasteiger partial charge >= 0.3 is 0 Å². The highest BCUT2D eigenvalue weighted by atomic mass is 32.2. The van der Waals surface area contributed by atoms with Crippen LogP contribution in [0, 0.1) is 5.92 Å². The molecule has 0 spiro atoms. The van der Waals surface area contributed by atoms with Crippen LogP contribution >= 0.6 is 11.3 Å². The quantitative estimate of drug-likeness (QED) is 0.439. The van der Waals surface area contributed by atoms with Crippen molar-refractivity contribution >= 4 is 43.5 Å².